The summed E-state index contributed by atoms with van der Waals surface area (Å²) < 4.78 is 34.0. The maximum atomic E-state index is 14.7. The predicted molar refractivity (Wildman–Crippen MR) is 105 cm³/mol. The molecule has 0 aliphatic rings. The summed E-state index contributed by atoms with van der Waals surface area (Å²) in [6, 6.07) is 1.06. The van der Waals surface area contributed by atoms with E-state index in [0.717, 1.165) is 10.9 Å². The second kappa shape index (κ2) is 7.44. The molecule has 0 saturated carbocycles. The van der Waals surface area contributed by atoms with Crippen molar-refractivity contribution in [1.82, 2.24) is 30.3 Å². The molecule has 1 amide bonds. The van der Waals surface area contributed by atoms with Crippen LogP contribution in [0, 0.1) is 18.6 Å². The first-order chi connectivity index (χ1) is 13.8. The zero-order chi connectivity index (χ0) is 20.7. The number of aryl methyl sites for hydroxylation is 1. The van der Waals surface area contributed by atoms with Crippen LogP contribution in [0.5, 0.6) is 0 Å². The van der Waals surface area contributed by atoms with Crippen molar-refractivity contribution < 1.29 is 18.3 Å². The van der Waals surface area contributed by atoms with Crippen LogP contribution in [0.3, 0.4) is 0 Å². The Morgan fingerprint density at radius 1 is 1.24 bits per heavy atom. The number of benzene rings is 1. The zero-order valence-electron chi connectivity index (χ0n) is 15.5. The van der Waals surface area contributed by atoms with Crippen LogP contribution in [-0.4, -0.2) is 50.5 Å². The Balaban J connectivity index is 1.63. The van der Waals surface area contributed by atoms with Crippen molar-refractivity contribution >= 4 is 39.8 Å². The Morgan fingerprint density at radius 3 is 2.76 bits per heavy atom. The lowest BCUT2D eigenvalue weighted by Crippen LogP contribution is -2.22. The molecule has 8 nitrogen and oxygen atoms in total. The molecule has 0 aliphatic carbocycles. The van der Waals surface area contributed by atoms with Crippen LogP contribution in [-0.2, 0) is 11.3 Å². The number of thiazole rings is 2. The number of carbonyl (C=O) groups is 1. The van der Waals surface area contributed by atoms with Gasteiger partial charge in [0.1, 0.15) is 16.6 Å². The molecule has 4 rings (SSSR count). The maximum absolute atomic E-state index is 14.7. The second-order valence-electron chi connectivity index (χ2n) is 6.25. The van der Waals surface area contributed by atoms with Crippen LogP contribution >= 0.6 is 22.7 Å². The average Bonchev–Trinajstić information content (AvgIpc) is 3.41. The molecule has 12 heteroatoms. The fourth-order valence-corrected chi connectivity index (χ4v) is 4.53. The molecular weight excluding hydrogens is 422 g/mol. The normalized spacial score (nSPS) is 11.2. The van der Waals surface area contributed by atoms with E-state index in [1.807, 2.05) is 6.92 Å². The number of halogens is 2. The molecule has 3 heterocycles. The first kappa shape index (κ1) is 19.3. The van der Waals surface area contributed by atoms with Crippen LogP contribution in [0.25, 0.3) is 32.2 Å². The van der Waals surface area contributed by atoms with Gasteiger partial charge >= 0.3 is 6.09 Å². The molecule has 0 fully saturated rings. The Hall–Kier alpha value is -2.99. The lowest BCUT2D eigenvalue weighted by molar-refractivity contribution is 0.112. The molecule has 1 aromatic carbocycles. The molecule has 3 aromatic heterocycles. The van der Waals surface area contributed by atoms with Crippen LogP contribution in [0.1, 0.15) is 10.7 Å². The van der Waals surface area contributed by atoms with Gasteiger partial charge in [0.25, 0.3) is 0 Å². The van der Waals surface area contributed by atoms with E-state index in [2.05, 4.69) is 25.4 Å². The topological polar surface area (TPSA) is 96.9 Å². The van der Waals surface area contributed by atoms with Crippen LogP contribution in [0.15, 0.2) is 11.4 Å². The molecular formula is C17H14F2N6O2S2. The number of H-pyrrole nitrogens is 1. The van der Waals surface area contributed by atoms with Gasteiger partial charge in [0, 0.05) is 25.0 Å². The summed E-state index contributed by atoms with van der Waals surface area (Å²) in [5.41, 5.74) is 0.684. The van der Waals surface area contributed by atoms with Gasteiger partial charge in [0.05, 0.1) is 16.3 Å². The van der Waals surface area contributed by atoms with E-state index in [1.165, 1.54) is 27.6 Å². The number of amides is 1. The molecule has 0 bridgehead atoms. The predicted octanol–water partition coefficient (Wildman–Crippen LogP) is 3.99. The largest absolute Gasteiger partial charge is 0.442 e. The van der Waals surface area contributed by atoms with Crippen molar-refractivity contribution in [3.63, 3.8) is 0 Å². The number of aromatic nitrogens is 5. The fraction of sp³-hybridized carbons (Fsp3) is 0.235. The summed E-state index contributed by atoms with van der Waals surface area (Å²) in [6.45, 7) is 1.86. The van der Waals surface area contributed by atoms with Gasteiger partial charge in [-0.1, -0.05) is 0 Å². The molecule has 4 aromatic rings. The quantitative estimate of drug-likeness (QED) is 0.520. The highest BCUT2D eigenvalue weighted by atomic mass is 32.1. The van der Waals surface area contributed by atoms with Crippen LogP contribution in [0.2, 0.25) is 0 Å². The van der Waals surface area contributed by atoms with Gasteiger partial charge in [-0.15, -0.1) is 22.7 Å². The SMILES string of the molecule is Cc1nc(COC(=O)N(C)C)sc1-c1nc(-c2cc(F)c3n[nH]nc3c2F)cs1. The minimum Gasteiger partial charge on any atom is -0.442 e. The first-order valence-corrected chi connectivity index (χ1v) is 10.00. The van der Waals surface area contributed by atoms with Gasteiger partial charge in [0.2, 0.25) is 0 Å². The number of nitrogens with zero attached hydrogens (tertiary/aromatic N) is 5. The molecule has 1 N–H and O–H groups in total. The molecule has 0 aliphatic heterocycles. The van der Waals surface area contributed by atoms with Gasteiger partial charge < -0.3 is 9.64 Å². The molecule has 0 spiro atoms. The summed E-state index contributed by atoms with van der Waals surface area (Å²) in [4.78, 5) is 22.5. The number of hydrogen-bond acceptors (Lipinski definition) is 8. The molecule has 0 unspecified atom stereocenters. The van der Waals surface area contributed by atoms with E-state index in [1.54, 1.807) is 19.5 Å². The van der Waals surface area contributed by atoms with Crippen molar-refractivity contribution in [3.8, 4) is 21.1 Å². The summed E-state index contributed by atoms with van der Waals surface area (Å²) in [6.07, 6.45) is -0.461. The van der Waals surface area contributed by atoms with Crippen molar-refractivity contribution in [2.24, 2.45) is 0 Å². The Kier molecular flexibility index (Phi) is 4.96. The number of rotatable bonds is 4. The molecule has 0 atom stereocenters. The number of carbonyl (C=O) groups excluding carboxylic acids is 1. The van der Waals surface area contributed by atoms with Gasteiger partial charge in [-0.05, 0) is 13.0 Å². The Bertz CT molecular complexity index is 1220. The van der Waals surface area contributed by atoms with E-state index in [-0.39, 0.29) is 23.2 Å². The molecule has 0 radical (unpaired) electrons. The zero-order valence-corrected chi connectivity index (χ0v) is 17.1. The second-order valence-corrected chi connectivity index (χ2v) is 8.19. The van der Waals surface area contributed by atoms with Crippen LogP contribution in [0.4, 0.5) is 13.6 Å². The van der Waals surface area contributed by atoms with E-state index in [4.69, 9.17) is 4.74 Å². The van der Waals surface area contributed by atoms with Gasteiger partial charge in [-0.2, -0.15) is 15.4 Å². The highest BCUT2D eigenvalue weighted by Crippen LogP contribution is 2.36. The Morgan fingerprint density at radius 2 is 2.00 bits per heavy atom. The smallest absolute Gasteiger partial charge is 0.409 e. The monoisotopic (exact) mass is 436 g/mol. The maximum Gasteiger partial charge on any atom is 0.409 e. The summed E-state index contributed by atoms with van der Waals surface area (Å²) >= 11 is 2.62. The number of aromatic amines is 1. The van der Waals surface area contributed by atoms with E-state index >= 15 is 0 Å². The third-order valence-corrected chi connectivity index (χ3v) is 6.12. The minimum absolute atomic E-state index is 0.00806. The number of fused-ring (bicyclic) bond motifs is 1. The van der Waals surface area contributed by atoms with Crippen LogP contribution < -0.4 is 0 Å². The average molecular weight is 436 g/mol. The molecule has 29 heavy (non-hydrogen) atoms. The van der Waals surface area contributed by atoms with Gasteiger partial charge in [0.15, 0.2) is 22.7 Å². The number of nitrogens with one attached hydrogen (secondary N) is 1. The van der Waals surface area contributed by atoms with Crippen molar-refractivity contribution in [3.05, 3.63) is 33.8 Å². The standard InChI is InChI=1S/C17H14F2N6O2S2/c1-7-15(29-11(20-7)5-27-17(26)25(2)3)16-21-10(6-28-16)8-4-9(18)13-14(12(8)19)23-24-22-13/h4,6H,5H2,1-3H3,(H,22,23,24). The van der Waals surface area contributed by atoms with Gasteiger partial charge in [-0.3, -0.25) is 0 Å². The van der Waals surface area contributed by atoms with Crippen molar-refractivity contribution in [2.75, 3.05) is 14.1 Å². The molecule has 150 valence electrons. The van der Waals surface area contributed by atoms with E-state index in [0.29, 0.717) is 21.4 Å². The third-order valence-electron chi connectivity index (χ3n) is 3.99. The lowest BCUT2D eigenvalue weighted by Gasteiger charge is -2.09. The molecule has 0 saturated heterocycles. The van der Waals surface area contributed by atoms with Crippen molar-refractivity contribution in [1.29, 1.82) is 0 Å². The van der Waals surface area contributed by atoms with Crippen molar-refractivity contribution in [2.45, 2.75) is 13.5 Å². The first-order valence-electron chi connectivity index (χ1n) is 8.30. The fourth-order valence-electron chi connectivity index (χ4n) is 2.59. The number of ether oxygens (including phenoxy) is 1. The van der Waals surface area contributed by atoms with E-state index < -0.39 is 17.7 Å². The summed E-state index contributed by atoms with van der Waals surface area (Å²) in [5, 5.41) is 12.4. The minimum atomic E-state index is -0.690. The van der Waals surface area contributed by atoms with Gasteiger partial charge in [-0.25, -0.2) is 23.5 Å². The summed E-state index contributed by atoms with van der Waals surface area (Å²) in [5.74, 6) is -1.37. The highest BCUT2D eigenvalue weighted by molar-refractivity contribution is 7.21. The lowest BCUT2D eigenvalue weighted by atomic mass is 10.1. The Labute approximate surface area is 171 Å². The van der Waals surface area contributed by atoms with E-state index in [9.17, 15) is 13.6 Å². The summed E-state index contributed by atoms with van der Waals surface area (Å²) in [7, 11) is 3.19. The number of hydrogen-bond donors (Lipinski definition) is 1. The third kappa shape index (κ3) is 3.56. The highest BCUT2D eigenvalue weighted by Gasteiger charge is 2.21.